The summed E-state index contributed by atoms with van der Waals surface area (Å²) in [6.07, 6.45) is -1.00. The Morgan fingerprint density at radius 1 is 1.56 bits per heavy atom. The van der Waals surface area contributed by atoms with Gasteiger partial charge in [-0.2, -0.15) is 0 Å². The average molecular weight is 257 g/mol. The summed E-state index contributed by atoms with van der Waals surface area (Å²) in [7, 11) is 1.78. The lowest BCUT2D eigenvalue weighted by molar-refractivity contribution is -0.128. The molecule has 102 valence electrons. The van der Waals surface area contributed by atoms with E-state index in [1.54, 1.807) is 14.0 Å². The van der Waals surface area contributed by atoms with Crippen molar-refractivity contribution in [1.29, 1.82) is 0 Å². The number of nitrogens with zero attached hydrogens (tertiary/aromatic N) is 1. The Morgan fingerprint density at radius 2 is 2.28 bits per heavy atom. The van der Waals surface area contributed by atoms with Gasteiger partial charge in [0.15, 0.2) is 0 Å². The molecule has 0 aromatic rings. The summed E-state index contributed by atoms with van der Waals surface area (Å²) in [4.78, 5) is 24.5. The highest BCUT2D eigenvalue weighted by Gasteiger charge is 2.41. The minimum absolute atomic E-state index is 0.258. The molecular formula is C11H19N3O4. The monoisotopic (exact) mass is 257 g/mol. The molecule has 18 heavy (non-hydrogen) atoms. The SMILES string of the molecule is CNC[C@H]1O[C@@H](N2CC(C)C(=O)NC2=O)C[C@@H]1O. The van der Waals surface area contributed by atoms with E-state index in [0.717, 1.165) is 0 Å². The summed E-state index contributed by atoms with van der Waals surface area (Å²) in [5, 5.41) is 15.1. The third-order valence-corrected chi connectivity index (χ3v) is 3.37. The van der Waals surface area contributed by atoms with Crippen LogP contribution in [0.15, 0.2) is 0 Å². The first-order valence-corrected chi connectivity index (χ1v) is 6.12. The summed E-state index contributed by atoms with van der Waals surface area (Å²) in [6, 6.07) is -0.444. The van der Waals surface area contributed by atoms with Crippen molar-refractivity contribution in [2.24, 2.45) is 5.92 Å². The summed E-state index contributed by atoms with van der Waals surface area (Å²) in [5.74, 6) is -0.520. The highest BCUT2D eigenvalue weighted by molar-refractivity contribution is 5.97. The van der Waals surface area contributed by atoms with Gasteiger partial charge in [0, 0.05) is 19.5 Å². The fourth-order valence-corrected chi connectivity index (χ4v) is 2.30. The van der Waals surface area contributed by atoms with Crippen LogP contribution in [0, 0.1) is 5.92 Å². The van der Waals surface area contributed by atoms with Crippen LogP contribution in [0.4, 0.5) is 4.79 Å². The van der Waals surface area contributed by atoms with Crippen LogP contribution < -0.4 is 10.6 Å². The molecule has 7 heteroatoms. The number of hydrogen-bond acceptors (Lipinski definition) is 5. The molecule has 2 fully saturated rings. The molecule has 0 spiro atoms. The molecular weight excluding hydrogens is 238 g/mol. The van der Waals surface area contributed by atoms with Crippen LogP contribution >= 0.6 is 0 Å². The molecule has 7 nitrogen and oxygen atoms in total. The largest absolute Gasteiger partial charge is 0.390 e. The molecule has 2 saturated heterocycles. The second-order valence-electron chi connectivity index (χ2n) is 4.84. The lowest BCUT2D eigenvalue weighted by Crippen LogP contribution is -2.57. The molecule has 2 rings (SSSR count). The number of carbonyl (C=O) groups is 2. The van der Waals surface area contributed by atoms with Gasteiger partial charge in [-0.05, 0) is 7.05 Å². The Morgan fingerprint density at radius 3 is 2.94 bits per heavy atom. The fraction of sp³-hybridized carbons (Fsp3) is 0.818. The summed E-state index contributed by atoms with van der Waals surface area (Å²) in [5.41, 5.74) is 0. The Hall–Kier alpha value is -1.18. The number of ether oxygens (including phenoxy) is 1. The minimum Gasteiger partial charge on any atom is -0.390 e. The van der Waals surface area contributed by atoms with Crippen molar-refractivity contribution in [3.8, 4) is 0 Å². The van der Waals surface area contributed by atoms with E-state index in [4.69, 9.17) is 4.74 Å². The van der Waals surface area contributed by atoms with Crippen LogP contribution in [-0.2, 0) is 9.53 Å². The Balaban J connectivity index is 2.00. The van der Waals surface area contributed by atoms with Crippen LogP contribution in [-0.4, -0.2) is 60.5 Å². The van der Waals surface area contributed by atoms with Crippen LogP contribution in [0.1, 0.15) is 13.3 Å². The number of carbonyl (C=O) groups excluding carboxylic acids is 2. The number of likely N-dealkylation sites (N-methyl/N-ethyl adjacent to an activating group) is 1. The van der Waals surface area contributed by atoms with E-state index in [-0.39, 0.29) is 17.9 Å². The topological polar surface area (TPSA) is 90.9 Å². The number of nitrogens with one attached hydrogen (secondary N) is 2. The van der Waals surface area contributed by atoms with Gasteiger partial charge in [0.1, 0.15) is 6.23 Å². The van der Waals surface area contributed by atoms with Gasteiger partial charge in [0.25, 0.3) is 0 Å². The summed E-state index contributed by atoms with van der Waals surface area (Å²) >= 11 is 0. The highest BCUT2D eigenvalue weighted by atomic mass is 16.5. The molecule has 4 atom stereocenters. The van der Waals surface area contributed by atoms with E-state index >= 15 is 0 Å². The molecule has 3 amide bonds. The zero-order valence-electron chi connectivity index (χ0n) is 10.5. The van der Waals surface area contributed by atoms with E-state index < -0.39 is 18.4 Å². The molecule has 0 aliphatic carbocycles. The van der Waals surface area contributed by atoms with Gasteiger partial charge in [-0.3, -0.25) is 15.0 Å². The molecule has 2 heterocycles. The normalized spacial score (nSPS) is 36.9. The van der Waals surface area contributed by atoms with E-state index in [9.17, 15) is 14.7 Å². The molecule has 0 radical (unpaired) electrons. The zero-order valence-corrected chi connectivity index (χ0v) is 10.5. The van der Waals surface area contributed by atoms with E-state index in [1.165, 1.54) is 4.90 Å². The highest BCUT2D eigenvalue weighted by Crippen LogP contribution is 2.25. The molecule has 2 aliphatic heterocycles. The number of urea groups is 1. The van der Waals surface area contributed by atoms with Gasteiger partial charge in [-0.1, -0.05) is 6.92 Å². The first-order chi connectivity index (χ1) is 8.52. The van der Waals surface area contributed by atoms with E-state index in [2.05, 4.69) is 10.6 Å². The summed E-state index contributed by atoms with van der Waals surface area (Å²) in [6.45, 7) is 2.61. The van der Waals surface area contributed by atoms with Crippen molar-refractivity contribution in [3.63, 3.8) is 0 Å². The molecule has 0 bridgehead atoms. The second kappa shape index (κ2) is 5.21. The Labute approximate surface area is 105 Å². The average Bonchev–Trinajstić information content (AvgIpc) is 2.66. The molecule has 2 aliphatic rings. The van der Waals surface area contributed by atoms with Crippen molar-refractivity contribution in [2.75, 3.05) is 20.1 Å². The van der Waals surface area contributed by atoms with Crippen LogP contribution in [0.3, 0.4) is 0 Å². The first-order valence-electron chi connectivity index (χ1n) is 6.12. The van der Waals surface area contributed by atoms with Gasteiger partial charge in [0.05, 0.1) is 18.1 Å². The van der Waals surface area contributed by atoms with Crippen molar-refractivity contribution >= 4 is 11.9 Å². The Kier molecular flexibility index (Phi) is 3.84. The van der Waals surface area contributed by atoms with Crippen LogP contribution in [0.2, 0.25) is 0 Å². The van der Waals surface area contributed by atoms with E-state index in [1.807, 2.05) is 0 Å². The number of aliphatic hydroxyl groups excluding tert-OH is 1. The quantitative estimate of drug-likeness (QED) is 0.595. The maximum atomic E-state index is 11.7. The van der Waals surface area contributed by atoms with Gasteiger partial charge in [0.2, 0.25) is 5.91 Å². The standard InChI is InChI=1S/C11H19N3O4/c1-6-5-14(11(17)13-10(6)16)9-3-7(15)8(18-9)4-12-2/h6-9,12,15H,3-5H2,1-2H3,(H,13,16,17)/t6?,7-,8+,9+/m0/s1. The van der Waals surface area contributed by atoms with Crippen molar-refractivity contribution in [3.05, 3.63) is 0 Å². The third-order valence-electron chi connectivity index (χ3n) is 3.37. The maximum absolute atomic E-state index is 11.7. The van der Waals surface area contributed by atoms with Gasteiger partial charge < -0.3 is 15.2 Å². The summed E-state index contributed by atoms with van der Waals surface area (Å²) < 4.78 is 5.65. The first kappa shape index (κ1) is 13.3. The van der Waals surface area contributed by atoms with Crippen molar-refractivity contribution in [2.45, 2.75) is 31.8 Å². The Bertz CT molecular complexity index is 349. The zero-order chi connectivity index (χ0) is 13.3. The number of amides is 3. The second-order valence-corrected chi connectivity index (χ2v) is 4.84. The van der Waals surface area contributed by atoms with Gasteiger partial charge >= 0.3 is 6.03 Å². The fourth-order valence-electron chi connectivity index (χ4n) is 2.30. The van der Waals surface area contributed by atoms with E-state index in [0.29, 0.717) is 19.5 Å². The number of rotatable bonds is 3. The maximum Gasteiger partial charge on any atom is 0.326 e. The lowest BCUT2D eigenvalue weighted by Gasteiger charge is -2.34. The predicted octanol–water partition coefficient (Wildman–Crippen LogP) is -1.13. The third kappa shape index (κ3) is 2.47. The number of aliphatic hydroxyl groups is 1. The molecule has 0 aromatic heterocycles. The van der Waals surface area contributed by atoms with Crippen LogP contribution in [0.25, 0.3) is 0 Å². The van der Waals surface area contributed by atoms with Gasteiger partial charge in [-0.15, -0.1) is 0 Å². The molecule has 3 N–H and O–H groups in total. The molecule has 0 aromatic carbocycles. The number of imide groups is 1. The number of hydrogen-bond donors (Lipinski definition) is 3. The predicted molar refractivity (Wildman–Crippen MR) is 62.6 cm³/mol. The lowest BCUT2D eigenvalue weighted by atomic mass is 10.1. The minimum atomic E-state index is -0.594. The van der Waals surface area contributed by atoms with Gasteiger partial charge in [-0.25, -0.2) is 4.79 Å². The molecule has 1 unspecified atom stereocenters. The van der Waals surface area contributed by atoms with Crippen molar-refractivity contribution < 1.29 is 19.4 Å². The molecule has 0 saturated carbocycles. The van der Waals surface area contributed by atoms with Crippen molar-refractivity contribution in [1.82, 2.24) is 15.5 Å². The smallest absolute Gasteiger partial charge is 0.326 e. The van der Waals surface area contributed by atoms with Crippen LogP contribution in [0.5, 0.6) is 0 Å².